The maximum absolute atomic E-state index is 4.78. The third-order valence-corrected chi connectivity index (χ3v) is 6.08. The van der Waals surface area contributed by atoms with Crippen molar-refractivity contribution in [2.75, 3.05) is 13.1 Å². The Bertz CT molecular complexity index is 996. The minimum absolute atomic E-state index is 0. The number of halogens is 1. The lowest BCUT2D eigenvalue weighted by molar-refractivity contribution is 0.297. The van der Waals surface area contributed by atoms with E-state index in [0.29, 0.717) is 12.6 Å². The Balaban J connectivity index is 0.00000289. The minimum atomic E-state index is 0. The van der Waals surface area contributed by atoms with Gasteiger partial charge in [0.15, 0.2) is 17.4 Å². The second-order valence-corrected chi connectivity index (χ2v) is 8.36. The van der Waals surface area contributed by atoms with Gasteiger partial charge in [0, 0.05) is 30.9 Å². The van der Waals surface area contributed by atoms with Gasteiger partial charge in [-0.3, -0.25) is 4.40 Å². The number of pyridine rings is 1. The molecule has 1 saturated carbocycles. The molecule has 172 valence electrons. The summed E-state index contributed by atoms with van der Waals surface area (Å²) in [6.45, 7) is 6.47. The van der Waals surface area contributed by atoms with Crippen molar-refractivity contribution in [2.24, 2.45) is 4.99 Å². The first-order chi connectivity index (χ1) is 15.2. The van der Waals surface area contributed by atoms with Crippen LogP contribution in [0.15, 0.2) is 59.7 Å². The Hall–Kier alpha value is -2.20. The quantitative estimate of drug-likeness (QED) is 0.225. The van der Waals surface area contributed by atoms with Crippen LogP contribution in [0.25, 0.3) is 5.65 Å². The number of benzene rings is 1. The van der Waals surface area contributed by atoms with Gasteiger partial charge in [-0.05, 0) is 44.4 Å². The second-order valence-electron chi connectivity index (χ2n) is 8.36. The van der Waals surface area contributed by atoms with Crippen LogP contribution in [0.1, 0.15) is 57.0 Å². The summed E-state index contributed by atoms with van der Waals surface area (Å²) < 4.78 is 1.98. The molecule has 2 aromatic heterocycles. The summed E-state index contributed by atoms with van der Waals surface area (Å²) in [5.41, 5.74) is 2.25. The van der Waals surface area contributed by atoms with Crippen molar-refractivity contribution < 1.29 is 0 Å². The Morgan fingerprint density at radius 1 is 1.06 bits per heavy atom. The Kier molecular flexibility index (Phi) is 8.86. The summed E-state index contributed by atoms with van der Waals surface area (Å²) in [4.78, 5) is 4.78. The average Bonchev–Trinajstić information content (AvgIpc) is 3.44. The molecule has 1 aliphatic carbocycles. The molecule has 1 aromatic carbocycles. The minimum Gasteiger partial charge on any atom is -0.357 e. The van der Waals surface area contributed by atoms with Crippen molar-refractivity contribution in [3.05, 3.63) is 66.1 Å². The maximum atomic E-state index is 4.78. The molecule has 4 rings (SSSR count). The van der Waals surface area contributed by atoms with Crippen LogP contribution < -0.4 is 16.0 Å². The molecule has 0 spiro atoms. The first-order valence-corrected chi connectivity index (χ1v) is 11.3. The highest BCUT2D eigenvalue weighted by molar-refractivity contribution is 14.0. The molecule has 1 atom stereocenters. The zero-order chi connectivity index (χ0) is 21.5. The van der Waals surface area contributed by atoms with Gasteiger partial charge in [0.05, 0.1) is 0 Å². The molecule has 1 unspecified atom stereocenters. The van der Waals surface area contributed by atoms with E-state index in [4.69, 9.17) is 4.99 Å². The second kappa shape index (κ2) is 11.6. The van der Waals surface area contributed by atoms with Gasteiger partial charge in [0.1, 0.15) is 6.54 Å². The normalized spacial score (nSPS) is 16.5. The van der Waals surface area contributed by atoms with E-state index in [1.54, 1.807) is 0 Å². The standard InChI is InChI=1S/C24H33N7.HI/c1-3-25-23(26-17-22-30-29-21-13-7-10-16-31(21)22)27-18-24(14-8-9-15-24)28-19(2)20-11-5-4-6-12-20;/h4-7,10-13,16,19,28H,3,8-9,14-15,17-18H2,1-2H3,(H2,25,26,27);1H. The number of fused-ring (bicyclic) bond motifs is 1. The maximum Gasteiger partial charge on any atom is 0.191 e. The van der Waals surface area contributed by atoms with E-state index >= 15 is 0 Å². The summed E-state index contributed by atoms with van der Waals surface area (Å²) in [5.74, 6) is 1.65. The predicted molar refractivity (Wildman–Crippen MR) is 140 cm³/mol. The fourth-order valence-corrected chi connectivity index (χ4v) is 4.45. The molecule has 8 heteroatoms. The number of hydrogen-bond acceptors (Lipinski definition) is 4. The van der Waals surface area contributed by atoms with Crippen molar-refractivity contribution in [1.29, 1.82) is 0 Å². The molecule has 3 aromatic rings. The average molecular weight is 547 g/mol. The number of guanidine groups is 1. The van der Waals surface area contributed by atoms with Crippen LogP contribution >= 0.6 is 24.0 Å². The molecule has 7 nitrogen and oxygen atoms in total. The molecule has 1 aliphatic rings. The monoisotopic (exact) mass is 547 g/mol. The fraction of sp³-hybridized carbons (Fsp3) is 0.458. The first kappa shape index (κ1) is 24.4. The van der Waals surface area contributed by atoms with E-state index in [1.807, 2.05) is 28.8 Å². The van der Waals surface area contributed by atoms with Crippen LogP contribution in [0.3, 0.4) is 0 Å². The van der Waals surface area contributed by atoms with Crippen LogP contribution in [0.5, 0.6) is 0 Å². The molecular formula is C24H34IN7. The van der Waals surface area contributed by atoms with E-state index in [-0.39, 0.29) is 29.5 Å². The number of hydrogen-bond donors (Lipinski definition) is 3. The highest BCUT2D eigenvalue weighted by Crippen LogP contribution is 2.31. The zero-order valence-corrected chi connectivity index (χ0v) is 21.3. The molecule has 3 N–H and O–H groups in total. The van der Waals surface area contributed by atoms with Gasteiger partial charge in [0.25, 0.3) is 0 Å². The molecule has 1 fully saturated rings. The van der Waals surface area contributed by atoms with Gasteiger partial charge < -0.3 is 16.0 Å². The fourth-order valence-electron chi connectivity index (χ4n) is 4.45. The summed E-state index contributed by atoms with van der Waals surface area (Å²) in [6, 6.07) is 16.9. The third kappa shape index (κ3) is 5.98. The van der Waals surface area contributed by atoms with Gasteiger partial charge in [-0.25, -0.2) is 4.99 Å². The topological polar surface area (TPSA) is 78.6 Å². The van der Waals surface area contributed by atoms with Crippen molar-refractivity contribution >= 4 is 35.6 Å². The summed E-state index contributed by atoms with van der Waals surface area (Å²) in [5, 5.41) is 19.4. The van der Waals surface area contributed by atoms with E-state index < -0.39 is 0 Å². The lowest BCUT2D eigenvalue weighted by Gasteiger charge is -2.35. The third-order valence-electron chi connectivity index (χ3n) is 6.08. The van der Waals surface area contributed by atoms with Gasteiger partial charge >= 0.3 is 0 Å². The Morgan fingerprint density at radius 2 is 1.81 bits per heavy atom. The molecule has 0 aliphatic heterocycles. The summed E-state index contributed by atoms with van der Waals surface area (Å²) in [6.07, 6.45) is 6.84. The highest BCUT2D eigenvalue weighted by Gasteiger charge is 2.35. The number of aliphatic imine (C=N–C) groups is 1. The molecule has 2 heterocycles. The highest BCUT2D eigenvalue weighted by atomic mass is 127. The summed E-state index contributed by atoms with van der Waals surface area (Å²) >= 11 is 0. The predicted octanol–water partition coefficient (Wildman–Crippen LogP) is 4.07. The Morgan fingerprint density at radius 3 is 2.56 bits per heavy atom. The lowest BCUT2D eigenvalue weighted by atomic mass is 9.94. The zero-order valence-electron chi connectivity index (χ0n) is 18.9. The summed E-state index contributed by atoms with van der Waals surface area (Å²) in [7, 11) is 0. The van der Waals surface area contributed by atoms with Crippen molar-refractivity contribution in [3.8, 4) is 0 Å². The van der Waals surface area contributed by atoms with Crippen LogP contribution in [0, 0.1) is 0 Å². The van der Waals surface area contributed by atoms with E-state index in [2.05, 4.69) is 70.3 Å². The van der Waals surface area contributed by atoms with Crippen molar-refractivity contribution in [1.82, 2.24) is 30.5 Å². The molecular weight excluding hydrogens is 513 g/mol. The molecule has 32 heavy (non-hydrogen) atoms. The number of nitrogens with one attached hydrogen (secondary N) is 3. The van der Waals surface area contributed by atoms with Crippen LogP contribution in [0.2, 0.25) is 0 Å². The smallest absolute Gasteiger partial charge is 0.191 e. The lowest BCUT2D eigenvalue weighted by Crippen LogP contribution is -2.54. The van der Waals surface area contributed by atoms with E-state index in [1.165, 1.54) is 31.2 Å². The number of rotatable bonds is 8. The Labute approximate surface area is 207 Å². The van der Waals surface area contributed by atoms with Gasteiger partial charge in [0.2, 0.25) is 0 Å². The molecule has 0 bridgehead atoms. The SMILES string of the molecule is CCNC(=NCc1nnc2ccccn12)NCC1(NC(C)c2ccccc2)CCCC1.I. The van der Waals surface area contributed by atoms with Crippen LogP contribution in [0.4, 0.5) is 0 Å². The molecule has 0 radical (unpaired) electrons. The largest absolute Gasteiger partial charge is 0.357 e. The molecule has 0 saturated heterocycles. The molecule has 0 amide bonds. The number of nitrogens with zero attached hydrogens (tertiary/aromatic N) is 4. The van der Waals surface area contributed by atoms with Gasteiger partial charge in [-0.15, -0.1) is 34.2 Å². The number of aromatic nitrogens is 3. The first-order valence-electron chi connectivity index (χ1n) is 11.3. The van der Waals surface area contributed by atoms with E-state index in [0.717, 1.165) is 30.5 Å². The van der Waals surface area contributed by atoms with Crippen molar-refractivity contribution in [2.45, 2.75) is 57.7 Å². The van der Waals surface area contributed by atoms with Gasteiger partial charge in [-0.1, -0.05) is 49.2 Å². The van der Waals surface area contributed by atoms with Gasteiger partial charge in [-0.2, -0.15) is 0 Å². The van der Waals surface area contributed by atoms with Crippen LogP contribution in [-0.4, -0.2) is 39.2 Å². The van der Waals surface area contributed by atoms with Crippen LogP contribution in [-0.2, 0) is 6.54 Å². The van der Waals surface area contributed by atoms with Crippen molar-refractivity contribution in [3.63, 3.8) is 0 Å². The van der Waals surface area contributed by atoms with E-state index in [9.17, 15) is 0 Å².